The molecule has 148 valence electrons. The summed E-state index contributed by atoms with van der Waals surface area (Å²) in [6.07, 6.45) is 1.03. The van der Waals surface area contributed by atoms with Gasteiger partial charge in [0, 0.05) is 28.5 Å². The molecule has 0 unspecified atom stereocenters. The van der Waals surface area contributed by atoms with Gasteiger partial charge in [-0.2, -0.15) is 0 Å². The smallest absolute Gasteiger partial charge is 0.145 e. The number of rotatable bonds is 9. The first-order valence-electron chi connectivity index (χ1n) is 9.33. The van der Waals surface area contributed by atoms with E-state index in [2.05, 4.69) is 21.6 Å². The molecule has 3 rings (SSSR count). The molecule has 0 bridgehead atoms. The highest BCUT2D eigenvalue weighted by Crippen LogP contribution is 2.23. The molecule has 0 aliphatic rings. The molecule has 1 heterocycles. The van der Waals surface area contributed by atoms with E-state index in [0.717, 1.165) is 47.6 Å². The van der Waals surface area contributed by atoms with Crippen LogP contribution >= 0.6 is 23.2 Å². The Morgan fingerprint density at radius 2 is 1.82 bits per heavy atom. The SMILES string of the molecule is CNCCCNc1nc(CN(C)Cc2cc(Cl)ccc2Cl)nc2ccccc12. The summed E-state index contributed by atoms with van der Waals surface area (Å²) in [5.41, 5.74) is 1.93. The van der Waals surface area contributed by atoms with Gasteiger partial charge < -0.3 is 10.6 Å². The second-order valence-corrected chi connectivity index (χ2v) is 7.64. The fourth-order valence-electron chi connectivity index (χ4n) is 3.05. The molecule has 0 aliphatic heterocycles. The van der Waals surface area contributed by atoms with Crippen LogP contribution in [0.25, 0.3) is 10.9 Å². The first kappa shape index (κ1) is 20.8. The van der Waals surface area contributed by atoms with E-state index in [1.54, 1.807) is 6.07 Å². The maximum Gasteiger partial charge on any atom is 0.145 e. The highest BCUT2D eigenvalue weighted by atomic mass is 35.5. The Bertz CT molecular complexity index is 932. The number of anilines is 1. The van der Waals surface area contributed by atoms with E-state index in [9.17, 15) is 0 Å². The third-order valence-corrected chi connectivity index (χ3v) is 5.01. The second-order valence-electron chi connectivity index (χ2n) is 6.80. The lowest BCUT2D eigenvalue weighted by Gasteiger charge is -2.18. The molecular formula is C21H25Cl2N5. The van der Waals surface area contributed by atoms with Crippen molar-refractivity contribution in [3.63, 3.8) is 0 Å². The summed E-state index contributed by atoms with van der Waals surface area (Å²) >= 11 is 12.4. The highest BCUT2D eigenvalue weighted by molar-refractivity contribution is 6.33. The molecule has 7 heteroatoms. The van der Waals surface area contributed by atoms with Crippen molar-refractivity contribution in [3.05, 3.63) is 63.9 Å². The lowest BCUT2D eigenvalue weighted by Crippen LogP contribution is -2.20. The van der Waals surface area contributed by atoms with Gasteiger partial charge in [0.2, 0.25) is 0 Å². The molecule has 2 aromatic carbocycles. The normalized spacial score (nSPS) is 11.3. The summed E-state index contributed by atoms with van der Waals surface area (Å²) in [7, 11) is 3.98. The van der Waals surface area contributed by atoms with E-state index in [1.807, 2.05) is 44.4 Å². The molecule has 0 spiro atoms. The zero-order chi connectivity index (χ0) is 19.9. The predicted molar refractivity (Wildman–Crippen MR) is 118 cm³/mol. The Hall–Kier alpha value is -1.92. The number of para-hydroxylation sites is 1. The van der Waals surface area contributed by atoms with E-state index < -0.39 is 0 Å². The minimum Gasteiger partial charge on any atom is -0.369 e. The number of nitrogens with one attached hydrogen (secondary N) is 2. The van der Waals surface area contributed by atoms with Gasteiger partial charge in [0.1, 0.15) is 11.6 Å². The van der Waals surface area contributed by atoms with Crippen LogP contribution < -0.4 is 10.6 Å². The molecule has 0 aliphatic carbocycles. The number of aromatic nitrogens is 2. The van der Waals surface area contributed by atoms with Gasteiger partial charge in [-0.15, -0.1) is 0 Å². The standard InChI is InChI=1S/C21H25Cl2N5/c1-24-10-5-11-25-21-17-6-3-4-7-19(17)26-20(27-21)14-28(2)13-15-12-16(22)8-9-18(15)23/h3-4,6-9,12,24H,5,10-11,13-14H2,1-2H3,(H,25,26,27). The van der Waals surface area contributed by atoms with E-state index in [4.69, 9.17) is 33.2 Å². The third-order valence-electron chi connectivity index (χ3n) is 4.40. The van der Waals surface area contributed by atoms with Crippen LogP contribution in [0.1, 0.15) is 17.8 Å². The lowest BCUT2D eigenvalue weighted by atomic mass is 10.2. The minimum absolute atomic E-state index is 0.610. The van der Waals surface area contributed by atoms with Gasteiger partial charge in [-0.1, -0.05) is 35.3 Å². The van der Waals surface area contributed by atoms with Crippen molar-refractivity contribution < 1.29 is 0 Å². The fraction of sp³-hybridized carbons (Fsp3) is 0.333. The van der Waals surface area contributed by atoms with Crippen molar-refractivity contribution in [1.29, 1.82) is 0 Å². The van der Waals surface area contributed by atoms with Crippen molar-refractivity contribution >= 4 is 39.9 Å². The summed E-state index contributed by atoms with van der Waals surface area (Å²) < 4.78 is 0. The molecule has 1 aromatic heterocycles. The van der Waals surface area contributed by atoms with Gasteiger partial charge >= 0.3 is 0 Å². The van der Waals surface area contributed by atoms with Gasteiger partial charge in [0.15, 0.2) is 0 Å². The average molecular weight is 418 g/mol. The number of hydrogen-bond acceptors (Lipinski definition) is 5. The molecule has 0 radical (unpaired) electrons. The molecule has 2 N–H and O–H groups in total. The van der Waals surface area contributed by atoms with Crippen LogP contribution in [0.15, 0.2) is 42.5 Å². The van der Waals surface area contributed by atoms with E-state index in [1.165, 1.54) is 0 Å². The number of hydrogen-bond donors (Lipinski definition) is 2. The lowest BCUT2D eigenvalue weighted by molar-refractivity contribution is 0.311. The van der Waals surface area contributed by atoms with Crippen LogP contribution in [0.2, 0.25) is 10.0 Å². The van der Waals surface area contributed by atoms with Gasteiger partial charge in [0.25, 0.3) is 0 Å². The maximum atomic E-state index is 6.30. The Kier molecular flexibility index (Phi) is 7.45. The molecule has 0 saturated heterocycles. The van der Waals surface area contributed by atoms with Crippen molar-refractivity contribution in [2.45, 2.75) is 19.5 Å². The molecule has 5 nitrogen and oxygen atoms in total. The van der Waals surface area contributed by atoms with Crippen LogP contribution in [0.3, 0.4) is 0 Å². The van der Waals surface area contributed by atoms with Crippen molar-refractivity contribution in [1.82, 2.24) is 20.2 Å². The summed E-state index contributed by atoms with van der Waals surface area (Å²) in [4.78, 5) is 11.6. The first-order valence-corrected chi connectivity index (χ1v) is 10.1. The van der Waals surface area contributed by atoms with Crippen molar-refractivity contribution in [2.75, 3.05) is 32.5 Å². The molecule has 0 atom stereocenters. The largest absolute Gasteiger partial charge is 0.369 e. The van der Waals surface area contributed by atoms with Gasteiger partial charge in [-0.25, -0.2) is 9.97 Å². The number of nitrogens with zero attached hydrogens (tertiary/aromatic N) is 3. The monoisotopic (exact) mass is 417 g/mol. The number of benzene rings is 2. The summed E-state index contributed by atoms with van der Waals surface area (Å²) in [6, 6.07) is 13.6. The molecule has 28 heavy (non-hydrogen) atoms. The number of halogens is 2. The molecule has 0 amide bonds. The minimum atomic E-state index is 0.610. The number of fused-ring (bicyclic) bond motifs is 1. The van der Waals surface area contributed by atoms with Crippen LogP contribution in [-0.4, -0.2) is 42.1 Å². The zero-order valence-corrected chi connectivity index (χ0v) is 17.7. The third kappa shape index (κ3) is 5.55. The Morgan fingerprint density at radius 1 is 1.00 bits per heavy atom. The van der Waals surface area contributed by atoms with Crippen molar-refractivity contribution in [3.8, 4) is 0 Å². The predicted octanol–water partition coefficient (Wildman–Crippen LogP) is 4.59. The molecule has 3 aromatic rings. The van der Waals surface area contributed by atoms with Crippen LogP contribution in [0.4, 0.5) is 5.82 Å². The highest BCUT2D eigenvalue weighted by Gasteiger charge is 2.11. The van der Waals surface area contributed by atoms with Crippen LogP contribution in [0.5, 0.6) is 0 Å². The van der Waals surface area contributed by atoms with E-state index in [0.29, 0.717) is 23.1 Å². The Balaban J connectivity index is 1.77. The van der Waals surface area contributed by atoms with Gasteiger partial charge in [0.05, 0.1) is 12.1 Å². The molecule has 0 fully saturated rings. The van der Waals surface area contributed by atoms with Crippen LogP contribution in [-0.2, 0) is 13.1 Å². The van der Waals surface area contributed by atoms with E-state index >= 15 is 0 Å². The molecular weight excluding hydrogens is 393 g/mol. The van der Waals surface area contributed by atoms with Crippen LogP contribution in [0, 0.1) is 0 Å². The maximum absolute atomic E-state index is 6.30. The average Bonchev–Trinajstić information content (AvgIpc) is 2.68. The Labute approximate surface area is 176 Å². The molecule has 0 saturated carbocycles. The topological polar surface area (TPSA) is 53.1 Å². The van der Waals surface area contributed by atoms with E-state index in [-0.39, 0.29) is 0 Å². The van der Waals surface area contributed by atoms with Crippen molar-refractivity contribution in [2.24, 2.45) is 0 Å². The second kappa shape index (κ2) is 10.0. The summed E-state index contributed by atoms with van der Waals surface area (Å²) in [5.74, 6) is 1.65. The quantitative estimate of drug-likeness (QED) is 0.498. The summed E-state index contributed by atoms with van der Waals surface area (Å²) in [5, 5.41) is 9.05. The summed E-state index contributed by atoms with van der Waals surface area (Å²) in [6.45, 7) is 3.10. The van der Waals surface area contributed by atoms with Gasteiger partial charge in [-0.3, -0.25) is 4.90 Å². The van der Waals surface area contributed by atoms with Gasteiger partial charge in [-0.05, 0) is 63.0 Å². The fourth-order valence-corrected chi connectivity index (χ4v) is 3.43. The zero-order valence-electron chi connectivity index (χ0n) is 16.2. The Morgan fingerprint density at radius 3 is 2.64 bits per heavy atom. The first-order chi connectivity index (χ1) is 13.6.